The van der Waals surface area contributed by atoms with Gasteiger partial charge in [0.1, 0.15) is 0 Å². The third-order valence-corrected chi connectivity index (χ3v) is 5.14. The number of nitrogens with one attached hydrogen (secondary N) is 1. The highest BCUT2D eigenvalue weighted by Crippen LogP contribution is 2.28. The molecule has 2 heterocycles. The highest BCUT2D eigenvalue weighted by atomic mass is 16.2. The Morgan fingerprint density at radius 3 is 2.32 bits per heavy atom. The molecule has 124 valence electrons. The molecule has 1 atom stereocenters. The molecule has 0 radical (unpaired) electrons. The fourth-order valence-corrected chi connectivity index (χ4v) is 3.51. The van der Waals surface area contributed by atoms with Gasteiger partial charge in [0.05, 0.1) is 11.7 Å². The van der Waals surface area contributed by atoms with Gasteiger partial charge >= 0.3 is 0 Å². The highest BCUT2D eigenvalue weighted by molar-refractivity contribution is 5.79. The molecule has 1 saturated heterocycles. The van der Waals surface area contributed by atoms with E-state index in [4.69, 9.17) is 0 Å². The zero-order valence-electron chi connectivity index (χ0n) is 14.8. The summed E-state index contributed by atoms with van der Waals surface area (Å²) in [4.78, 5) is 17.2. The second kappa shape index (κ2) is 6.82. The van der Waals surface area contributed by atoms with Crippen LogP contribution in [0, 0.1) is 19.8 Å². The second-order valence-corrected chi connectivity index (χ2v) is 6.88. The molecular weight excluding hydrogens is 276 g/mol. The molecule has 1 fully saturated rings. The molecule has 1 aromatic rings. The quantitative estimate of drug-likeness (QED) is 0.930. The first-order valence-corrected chi connectivity index (χ1v) is 8.35. The maximum atomic E-state index is 12.8. The first-order chi connectivity index (χ1) is 10.3. The molecule has 1 aliphatic heterocycles. The molecule has 0 aliphatic carbocycles. The van der Waals surface area contributed by atoms with Crippen LogP contribution in [0.15, 0.2) is 0 Å². The van der Waals surface area contributed by atoms with Gasteiger partial charge < -0.3 is 9.80 Å². The summed E-state index contributed by atoms with van der Waals surface area (Å²) in [7, 11) is 1.92. The Hall–Kier alpha value is -1.36. The number of carbonyl (C=O) groups is 1. The number of rotatable bonds is 4. The van der Waals surface area contributed by atoms with Crippen molar-refractivity contribution in [3.05, 3.63) is 17.0 Å². The molecule has 5 nitrogen and oxygen atoms in total. The van der Waals surface area contributed by atoms with Gasteiger partial charge in [0.25, 0.3) is 0 Å². The summed E-state index contributed by atoms with van der Waals surface area (Å²) in [6.07, 6.45) is 1.94. The fraction of sp³-hybridized carbons (Fsp3) is 0.765. The van der Waals surface area contributed by atoms with Crippen LogP contribution in [0.1, 0.15) is 56.6 Å². The van der Waals surface area contributed by atoms with Crippen LogP contribution >= 0.6 is 0 Å². The number of aryl methyl sites for hydroxylation is 2. The average molecular weight is 306 g/mol. The minimum Gasteiger partial charge on any atom is -0.339 e. The monoisotopic (exact) mass is 306 g/mol. The average Bonchev–Trinajstić information content (AvgIpc) is 2.84. The Morgan fingerprint density at radius 1 is 1.27 bits per heavy atom. The lowest BCUT2D eigenvalue weighted by Crippen LogP contribution is -2.44. The number of piperidine rings is 1. The van der Waals surface area contributed by atoms with Crippen LogP contribution in [-0.4, -0.2) is 52.1 Å². The lowest BCUT2D eigenvalue weighted by molar-refractivity contribution is -0.137. The maximum absolute atomic E-state index is 12.8. The van der Waals surface area contributed by atoms with Gasteiger partial charge in [-0.1, -0.05) is 0 Å². The molecule has 1 N–H and O–H groups in total. The lowest BCUT2D eigenvalue weighted by Gasteiger charge is -2.36. The highest BCUT2D eigenvalue weighted by Gasteiger charge is 2.31. The number of aromatic amines is 1. The van der Waals surface area contributed by atoms with Gasteiger partial charge in [-0.25, -0.2) is 0 Å². The summed E-state index contributed by atoms with van der Waals surface area (Å²) in [6.45, 7) is 12.6. The van der Waals surface area contributed by atoms with Gasteiger partial charge in [-0.3, -0.25) is 9.89 Å². The Bertz CT molecular complexity index is 495. The third-order valence-electron chi connectivity index (χ3n) is 5.14. The van der Waals surface area contributed by atoms with Gasteiger partial charge in [-0.05, 0) is 60.5 Å². The fourth-order valence-electron chi connectivity index (χ4n) is 3.51. The molecule has 0 spiro atoms. The van der Waals surface area contributed by atoms with E-state index in [1.807, 2.05) is 25.8 Å². The van der Waals surface area contributed by atoms with Crippen molar-refractivity contribution >= 4 is 5.91 Å². The summed E-state index contributed by atoms with van der Waals surface area (Å²) in [6, 6.07) is 0.637. The van der Waals surface area contributed by atoms with E-state index >= 15 is 0 Å². The van der Waals surface area contributed by atoms with Crippen LogP contribution in [0.2, 0.25) is 0 Å². The molecule has 1 aromatic heterocycles. The third kappa shape index (κ3) is 3.35. The standard InChI is InChI=1S/C17H30N4O/c1-11(2)21-9-7-15(8-10-21)17(22)20(6)14(5)16-12(3)18-19-13(16)4/h11,14-15H,7-10H2,1-6H3,(H,18,19)/t14-/m1/s1. The van der Waals surface area contributed by atoms with Gasteiger partial charge in [0.2, 0.25) is 5.91 Å². The minimum absolute atomic E-state index is 0.0642. The van der Waals surface area contributed by atoms with Crippen LogP contribution in [0.5, 0.6) is 0 Å². The van der Waals surface area contributed by atoms with E-state index in [-0.39, 0.29) is 17.9 Å². The molecule has 1 amide bonds. The van der Waals surface area contributed by atoms with Crippen LogP contribution in [0.25, 0.3) is 0 Å². The summed E-state index contributed by atoms with van der Waals surface area (Å²) < 4.78 is 0. The molecule has 0 aromatic carbocycles. The number of hydrogen-bond acceptors (Lipinski definition) is 3. The van der Waals surface area contributed by atoms with E-state index < -0.39 is 0 Å². The van der Waals surface area contributed by atoms with Gasteiger partial charge in [-0.2, -0.15) is 5.10 Å². The van der Waals surface area contributed by atoms with E-state index in [0.29, 0.717) is 6.04 Å². The zero-order chi connectivity index (χ0) is 16.4. The molecule has 0 bridgehead atoms. The molecule has 5 heteroatoms. The van der Waals surface area contributed by atoms with Crippen molar-refractivity contribution in [3.8, 4) is 0 Å². The van der Waals surface area contributed by atoms with Gasteiger partial charge in [-0.15, -0.1) is 0 Å². The first kappa shape index (κ1) is 17.0. The molecule has 2 rings (SSSR count). The molecule has 1 aliphatic rings. The number of amides is 1. The largest absolute Gasteiger partial charge is 0.339 e. The summed E-state index contributed by atoms with van der Waals surface area (Å²) >= 11 is 0. The molecule has 22 heavy (non-hydrogen) atoms. The van der Waals surface area contributed by atoms with E-state index in [1.165, 1.54) is 0 Å². The molecule has 0 saturated carbocycles. The van der Waals surface area contributed by atoms with Crippen molar-refractivity contribution < 1.29 is 4.79 Å². The number of aromatic nitrogens is 2. The minimum atomic E-state index is 0.0642. The normalized spacial score (nSPS) is 18.7. The Kier molecular flexibility index (Phi) is 5.27. The van der Waals surface area contributed by atoms with Crippen LogP contribution in [0.4, 0.5) is 0 Å². The second-order valence-electron chi connectivity index (χ2n) is 6.88. The Balaban J connectivity index is 2.01. The molecule has 0 unspecified atom stereocenters. The SMILES string of the molecule is Cc1n[nH]c(C)c1[C@@H](C)N(C)C(=O)C1CCN(C(C)C)CC1. The van der Waals surface area contributed by atoms with E-state index in [0.717, 1.165) is 42.9 Å². The Labute approximate surface area is 134 Å². The zero-order valence-corrected chi connectivity index (χ0v) is 14.8. The summed E-state index contributed by atoms with van der Waals surface area (Å²) in [5, 5.41) is 7.27. The number of carbonyl (C=O) groups excluding carboxylic acids is 1. The number of likely N-dealkylation sites (tertiary alicyclic amines) is 1. The molecular formula is C17H30N4O. The van der Waals surface area contributed by atoms with E-state index in [1.54, 1.807) is 0 Å². The first-order valence-electron chi connectivity index (χ1n) is 8.35. The van der Waals surface area contributed by atoms with E-state index in [2.05, 4.69) is 35.9 Å². The smallest absolute Gasteiger partial charge is 0.226 e. The number of nitrogens with zero attached hydrogens (tertiary/aromatic N) is 3. The van der Waals surface area contributed by atoms with Crippen molar-refractivity contribution in [3.63, 3.8) is 0 Å². The van der Waals surface area contributed by atoms with Crippen LogP contribution < -0.4 is 0 Å². The van der Waals surface area contributed by atoms with Gasteiger partial charge in [0.15, 0.2) is 0 Å². The maximum Gasteiger partial charge on any atom is 0.226 e. The van der Waals surface area contributed by atoms with Crippen LogP contribution in [-0.2, 0) is 4.79 Å². The van der Waals surface area contributed by atoms with Crippen LogP contribution in [0.3, 0.4) is 0 Å². The topological polar surface area (TPSA) is 52.2 Å². The van der Waals surface area contributed by atoms with E-state index in [9.17, 15) is 4.79 Å². The lowest BCUT2D eigenvalue weighted by atomic mass is 9.93. The van der Waals surface area contributed by atoms with Crippen molar-refractivity contribution in [2.75, 3.05) is 20.1 Å². The Morgan fingerprint density at radius 2 is 1.86 bits per heavy atom. The van der Waals surface area contributed by atoms with Crippen molar-refractivity contribution in [1.29, 1.82) is 0 Å². The number of hydrogen-bond donors (Lipinski definition) is 1. The predicted octanol–water partition coefficient (Wildman–Crippen LogP) is 2.67. The van der Waals surface area contributed by atoms with Crippen molar-refractivity contribution in [2.45, 2.75) is 59.5 Å². The van der Waals surface area contributed by atoms with Crippen molar-refractivity contribution in [2.24, 2.45) is 5.92 Å². The number of H-pyrrole nitrogens is 1. The predicted molar refractivity (Wildman–Crippen MR) is 88.7 cm³/mol. The summed E-state index contributed by atoms with van der Waals surface area (Å²) in [5.41, 5.74) is 3.19. The van der Waals surface area contributed by atoms with Gasteiger partial charge in [0, 0.05) is 30.3 Å². The van der Waals surface area contributed by atoms with Crippen molar-refractivity contribution in [1.82, 2.24) is 20.0 Å². The summed E-state index contributed by atoms with van der Waals surface area (Å²) in [5.74, 6) is 0.436.